The minimum atomic E-state index is -0.674. The molecule has 0 radical (unpaired) electrons. The molecule has 1 fully saturated rings. The number of carbonyl (C=O) groups excluding carboxylic acids is 2. The summed E-state index contributed by atoms with van der Waals surface area (Å²) in [7, 11) is 0. The average Bonchev–Trinajstić information content (AvgIpc) is 3.08. The van der Waals surface area contributed by atoms with Crippen LogP contribution in [0.5, 0.6) is 5.75 Å². The number of Topliss-reactive ketones (excluding diaryl/α,β-unsaturated/α-hetero) is 1. The number of benzene rings is 2. The van der Waals surface area contributed by atoms with Crippen LogP contribution >= 0.6 is 15.9 Å². The van der Waals surface area contributed by atoms with Crippen molar-refractivity contribution < 1.29 is 19.4 Å². The molecule has 0 spiro atoms. The Balaban J connectivity index is 2.03. The van der Waals surface area contributed by atoms with Crippen molar-refractivity contribution in [3.05, 3.63) is 82.4 Å². The third-order valence-electron chi connectivity index (χ3n) is 5.77. The van der Waals surface area contributed by atoms with Crippen molar-refractivity contribution in [3.63, 3.8) is 0 Å². The van der Waals surface area contributed by atoms with Crippen LogP contribution in [0, 0.1) is 0 Å². The van der Waals surface area contributed by atoms with Crippen molar-refractivity contribution in [2.45, 2.75) is 19.9 Å². The van der Waals surface area contributed by atoms with Gasteiger partial charge in [0.15, 0.2) is 0 Å². The Bertz CT molecular complexity index is 1030. The molecule has 0 unspecified atom stereocenters. The number of aliphatic hydroxyl groups excluding tert-OH is 1. The number of halogens is 1. The largest absolute Gasteiger partial charge is 0.507 e. The summed E-state index contributed by atoms with van der Waals surface area (Å²) >= 11 is 3.43. The molecular weight excluding hydrogens is 484 g/mol. The molecule has 0 saturated carbocycles. The number of likely N-dealkylation sites (tertiary alicyclic amines) is 1. The molecule has 0 aromatic heterocycles. The summed E-state index contributed by atoms with van der Waals surface area (Å²) in [4.78, 5) is 29.9. The van der Waals surface area contributed by atoms with Crippen LogP contribution < -0.4 is 4.74 Å². The molecule has 1 amide bonds. The average molecular weight is 513 g/mol. The number of amides is 1. The summed E-state index contributed by atoms with van der Waals surface area (Å²) in [6.45, 7) is 10.8. The number of aliphatic hydroxyl groups is 1. The van der Waals surface area contributed by atoms with E-state index in [1.807, 2.05) is 24.3 Å². The molecule has 1 aliphatic heterocycles. The Morgan fingerprint density at radius 2 is 1.76 bits per heavy atom. The molecule has 33 heavy (non-hydrogen) atoms. The predicted octanol–water partition coefficient (Wildman–Crippen LogP) is 4.78. The Hall–Kier alpha value is -2.90. The summed E-state index contributed by atoms with van der Waals surface area (Å²) in [6, 6.07) is 13.6. The van der Waals surface area contributed by atoms with Crippen molar-refractivity contribution in [2.75, 3.05) is 32.8 Å². The van der Waals surface area contributed by atoms with Crippen molar-refractivity contribution >= 4 is 33.4 Å². The van der Waals surface area contributed by atoms with E-state index >= 15 is 0 Å². The molecule has 6 nitrogen and oxygen atoms in total. The first-order valence-corrected chi connectivity index (χ1v) is 11.8. The Kier molecular flexibility index (Phi) is 8.47. The van der Waals surface area contributed by atoms with Gasteiger partial charge in [-0.1, -0.05) is 54.6 Å². The fourth-order valence-electron chi connectivity index (χ4n) is 3.91. The van der Waals surface area contributed by atoms with Gasteiger partial charge >= 0.3 is 0 Å². The third kappa shape index (κ3) is 5.54. The van der Waals surface area contributed by atoms with E-state index in [1.54, 1.807) is 35.2 Å². The fraction of sp³-hybridized carbons (Fsp3) is 0.308. The highest BCUT2D eigenvalue weighted by molar-refractivity contribution is 9.10. The SMILES string of the molecule is C=CCOc1ccc(C(O)=C2C(=O)C(=O)N(CCN(CC)CC)[C@H]2c2ccc(Br)cc2)cc1. The highest BCUT2D eigenvalue weighted by Crippen LogP contribution is 2.39. The maximum atomic E-state index is 13.1. The second kappa shape index (κ2) is 11.3. The van der Waals surface area contributed by atoms with E-state index in [1.165, 1.54) is 0 Å². The molecule has 1 atom stereocenters. The van der Waals surface area contributed by atoms with Gasteiger partial charge in [0.25, 0.3) is 11.7 Å². The molecule has 2 aromatic rings. The Morgan fingerprint density at radius 3 is 2.33 bits per heavy atom. The number of ether oxygens (including phenoxy) is 1. The number of nitrogens with zero attached hydrogens (tertiary/aromatic N) is 2. The van der Waals surface area contributed by atoms with Crippen LogP contribution in [0.3, 0.4) is 0 Å². The zero-order chi connectivity index (χ0) is 24.0. The molecule has 0 aliphatic carbocycles. The molecule has 3 rings (SSSR count). The molecule has 1 heterocycles. The lowest BCUT2D eigenvalue weighted by Crippen LogP contribution is -2.38. The Labute approximate surface area is 203 Å². The number of ketones is 1. The van der Waals surface area contributed by atoms with E-state index in [4.69, 9.17) is 4.74 Å². The standard InChI is InChI=1S/C26H29BrN2O4/c1-4-17-33-21-13-9-19(10-14-21)24(30)22-23(18-7-11-20(27)12-8-18)29(26(32)25(22)31)16-15-28(5-2)6-3/h4,7-14,23,30H,1,5-6,15-17H2,2-3H3/t23-/m0/s1. The lowest BCUT2D eigenvalue weighted by atomic mass is 9.95. The minimum Gasteiger partial charge on any atom is -0.507 e. The smallest absolute Gasteiger partial charge is 0.295 e. The van der Waals surface area contributed by atoms with E-state index in [0.717, 1.165) is 23.1 Å². The number of rotatable bonds is 10. The van der Waals surface area contributed by atoms with Gasteiger partial charge in [-0.05, 0) is 55.1 Å². The zero-order valence-electron chi connectivity index (χ0n) is 19.0. The number of likely N-dealkylation sites (N-methyl/N-ethyl adjacent to an activating group) is 1. The van der Waals surface area contributed by atoms with Gasteiger partial charge in [0.1, 0.15) is 18.1 Å². The monoisotopic (exact) mass is 512 g/mol. The number of hydrogen-bond donors (Lipinski definition) is 1. The first kappa shape index (κ1) is 24.7. The quantitative estimate of drug-likeness (QED) is 0.214. The van der Waals surface area contributed by atoms with E-state index in [-0.39, 0.29) is 11.3 Å². The van der Waals surface area contributed by atoms with E-state index in [2.05, 4.69) is 41.3 Å². The van der Waals surface area contributed by atoms with Crippen molar-refractivity contribution in [3.8, 4) is 5.75 Å². The number of carbonyl (C=O) groups is 2. The lowest BCUT2D eigenvalue weighted by molar-refractivity contribution is -0.140. The summed E-state index contributed by atoms with van der Waals surface area (Å²) in [5.41, 5.74) is 1.32. The van der Waals surface area contributed by atoms with Crippen molar-refractivity contribution in [1.82, 2.24) is 9.80 Å². The fourth-order valence-corrected chi connectivity index (χ4v) is 4.18. The minimum absolute atomic E-state index is 0.0987. The van der Waals surface area contributed by atoms with Crippen LogP contribution in [0.1, 0.15) is 31.0 Å². The zero-order valence-corrected chi connectivity index (χ0v) is 20.5. The van der Waals surface area contributed by atoms with Gasteiger partial charge in [-0.2, -0.15) is 0 Å². The molecule has 0 bridgehead atoms. The van der Waals surface area contributed by atoms with E-state index < -0.39 is 17.7 Å². The van der Waals surface area contributed by atoms with Crippen LogP contribution in [-0.4, -0.2) is 59.4 Å². The second-order valence-electron chi connectivity index (χ2n) is 7.69. The van der Waals surface area contributed by atoms with Crippen molar-refractivity contribution in [2.24, 2.45) is 0 Å². The van der Waals surface area contributed by atoms with Crippen LogP contribution in [0.2, 0.25) is 0 Å². The number of hydrogen-bond acceptors (Lipinski definition) is 5. The summed E-state index contributed by atoms with van der Waals surface area (Å²) in [6.07, 6.45) is 1.64. The highest BCUT2D eigenvalue weighted by atomic mass is 79.9. The third-order valence-corrected chi connectivity index (χ3v) is 6.30. The van der Waals surface area contributed by atoms with Gasteiger partial charge in [0.2, 0.25) is 0 Å². The van der Waals surface area contributed by atoms with Gasteiger partial charge in [-0.3, -0.25) is 9.59 Å². The van der Waals surface area contributed by atoms with E-state index in [0.29, 0.717) is 31.0 Å². The topological polar surface area (TPSA) is 70.1 Å². The van der Waals surface area contributed by atoms with Crippen molar-refractivity contribution in [1.29, 1.82) is 0 Å². The van der Waals surface area contributed by atoms with Crippen LogP contribution in [0.15, 0.2) is 71.2 Å². The van der Waals surface area contributed by atoms with Gasteiger partial charge < -0.3 is 19.6 Å². The van der Waals surface area contributed by atoms with Crippen LogP contribution in [-0.2, 0) is 9.59 Å². The van der Waals surface area contributed by atoms with Gasteiger partial charge in [0, 0.05) is 23.1 Å². The molecule has 1 aliphatic rings. The summed E-state index contributed by atoms with van der Waals surface area (Å²) in [5, 5.41) is 11.2. The van der Waals surface area contributed by atoms with Gasteiger partial charge in [-0.25, -0.2) is 0 Å². The van der Waals surface area contributed by atoms with Crippen LogP contribution in [0.25, 0.3) is 5.76 Å². The summed E-state index contributed by atoms with van der Waals surface area (Å²) < 4.78 is 6.38. The van der Waals surface area contributed by atoms with Gasteiger partial charge in [0.05, 0.1) is 11.6 Å². The molecular formula is C26H29BrN2O4. The van der Waals surface area contributed by atoms with E-state index in [9.17, 15) is 14.7 Å². The van der Waals surface area contributed by atoms with Gasteiger partial charge in [-0.15, -0.1) is 0 Å². The second-order valence-corrected chi connectivity index (χ2v) is 8.61. The first-order chi connectivity index (χ1) is 15.9. The maximum Gasteiger partial charge on any atom is 0.295 e. The maximum absolute atomic E-state index is 13.1. The predicted molar refractivity (Wildman–Crippen MR) is 133 cm³/mol. The molecule has 1 saturated heterocycles. The normalized spacial score (nSPS) is 17.6. The molecule has 2 aromatic carbocycles. The van der Waals surface area contributed by atoms with Crippen LogP contribution in [0.4, 0.5) is 0 Å². The molecule has 1 N–H and O–H groups in total. The molecule has 7 heteroatoms. The summed E-state index contributed by atoms with van der Waals surface area (Å²) in [5.74, 6) is -0.841. The molecule has 174 valence electrons. The Morgan fingerprint density at radius 1 is 1.12 bits per heavy atom. The highest BCUT2D eigenvalue weighted by Gasteiger charge is 2.45. The first-order valence-electron chi connectivity index (χ1n) is 11.0. The lowest BCUT2D eigenvalue weighted by Gasteiger charge is -2.28.